The van der Waals surface area contributed by atoms with E-state index in [2.05, 4.69) is 5.32 Å². The van der Waals surface area contributed by atoms with Crippen LogP contribution < -0.4 is 5.32 Å². The van der Waals surface area contributed by atoms with Crippen LogP contribution in [0.4, 0.5) is 5.69 Å². The molecule has 0 bridgehead atoms. The molecule has 1 aromatic rings. The fourth-order valence-electron chi connectivity index (χ4n) is 2.22. The van der Waals surface area contributed by atoms with Crippen molar-refractivity contribution in [3.63, 3.8) is 0 Å². The molecule has 0 saturated heterocycles. The van der Waals surface area contributed by atoms with Crippen molar-refractivity contribution in [1.29, 1.82) is 0 Å². The molecule has 5 heteroatoms. The lowest BCUT2D eigenvalue weighted by molar-refractivity contribution is -0.105. The van der Waals surface area contributed by atoms with Crippen LogP contribution in [0.3, 0.4) is 0 Å². The van der Waals surface area contributed by atoms with E-state index in [1.165, 1.54) is 6.07 Å². The van der Waals surface area contributed by atoms with E-state index < -0.39 is 9.84 Å². The van der Waals surface area contributed by atoms with Gasteiger partial charge in [0.25, 0.3) is 0 Å². The molecule has 0 spiro atoms. The quantitative estimate of drug-likeness (QED) is 0.834. The Hall–Kier alpha value is -1.36. The number of hydrogen-bond acceptors (Lipinski definition) is 3. The smallest absolute Gasteiger partial charge is 0.211 e. The number of anilines is 1. The minimum atomic E-state index is -3.24. The van der Waals surface area contributed by atoms with Crippen LogP contribution in [0.2, 0.25) is 0 Å². The molecule has 1 aliphatic carbocycles. The largest absolute Gasteiger partial charge is 0.329 e. The maximum Gasteiger partial charge on any atom is 0.211 e. The van der Waals surface area contributed by atoms with E-state index in [-0.39, 0.29) is 5.25 Å². The molecule has 0 atom stereocenters. The SMILES string of the molecule is O=CNc1cccc(S(=O)(=O)C2CCCC2)c1. The average molecular weight is 253 g/mol. The fraction of sp³-hybridized carbons (Fsp3) is 0.417. The average Bonchev–Trinajstić information content (AvgIpc) is 2.84. The second-order valence-electron chi connectivity index (χ2n) is 4.24. The van der Waals surface area contributed by atoms with Gasteiger partial charge in [0, 0.05) is 5.69 Å². The lowest BCUT2D eigenvalue weighted by Crippen LogP contribution is -2.17. The van der Waals surface area contributed by atoms with Crippen molar-refractivity contribution < 1.29 is 13.2 Å². The summed E-state index contributed by atoms with van der Waals surface area (Å²) in [5.74, 6) is 0. The van der Waals surface area contributed by atoms with Gasteiger partial charge >= 0.3 is 0 Å². The molecule has 1 saturated carbocycles. The highest BCUT2D eigenvalue weighted by atomic mass is 32.2. The first-order valence-corrected chi connectivity index (χ1v) is 7.23. The van der Waals surface area contributed by atoms with Crippen LogP contribution in [0, 0.1) is 0 Å². The van der Waals surface area contributed by atoms with Crippen LogP contribution in [-0.2, 0) is 14.6 Å². The van der Waals surface area contributed by atoms with E-state index in [4.69, 9.17) is 0 Å². The fourth-order valence-corrected chi connectivity index (χ4v) is 4.12. The summed E-state index contributed by atoms with van der Waals surface area (Å²) >= 11 is 0. The number of benzene rings is 1. The van der Waals surface area contributed by atoms with Gasteiger partial charge in [-0.05, 0) is 31.0 Å². The second kappa shape index (κ2) is 4.87. The Morgan fingerprint density at radius 3 is 2.59 bits per heavy atom. The number of rotatable bonds is 4. The molecule has 0 aromatic heterocycles. The number of nitrogens with one attached hydrogen (secondary N) is 1. The van der Waals surface area contributed by atoms with E-state index in [0.29, 0.717) is 17.0 Å². The van der Waals surface area contributed by atoms with Crippen molar-refractivity contribution in [3.05, 3.63) is 24.3 Å². The topological polar surface area (TPSA) is 63.2 Å². The van der Waals surface area contributed by atoms with Gasteiger partial charge in [-0.3, -0.25) is 4.79 Å². The summed E-state index contributed by atoms with van der Waals surface area (Å²) in [5, 5.41) is 2.21. The highest BCUT2D eigenvalue weighted by Crippen LogP contribution is 2.30. The zero-order valence-corrected chi connectivity index (χ0v) is 10.2. The number of carbonyl (C=O) groups is 1. The number of amides is 1. The van der Waals surface area contributed by atoms with Gasteiger partial charge in [0.1, 0.15) is 0 Å². The number of hydrogen-bond donors (Lipinski definition) is 1. The van der Waals surface area contributed by atoms with Crippen molar-refractivity contribution in [2.24, 2.45) is 0 Å². The monoisotopic (exact) mass is 253 g/mol. The summed E-state index contributed by atoms with van der Waals surface area (Å²) in [4.78, 5) is 10.6. The van der Waals surface area contributed by atoms with Crippen LogP contribution in [-0.4, -0.2) is 20.1 Å². The minimum Gasteiger partial charge on any atom is -0.329 e. The summed E-state index contributed by atoms with van der Waals surface area (Å²) in [6.45, 7) is 0. The van der Waals surface area contributed by atoms with Crippen LogP contribution in [0.1, 0.15) is 25.7 Å². The number of sulfone groups is 1. The number of carbonyl (C=O) groups excluding carboxylic acids is 1. The molecule has 1 fully saturated rings. The van der Waals surface area contributed by atoms with Gasteiger partial charge in [-0.15, -0.1) is 0 Å². The Kier molecular flexibility index (Phi) is 3.47. The maximum absolute atomic E-state index is 12.3. The van der Waals surface area contributed by atoms with Crippen molar-refractivity contribution >= 4 is 21.9 Å². The van der Waals surface area contributed by atoms with Crippen molar-refractivity contribution in [2.45, 2.75) is 35.8 Å². The van der Waals surface area contributed by atoms with Crippen molar-refractivity contribution in [2.75, 3.05) is 5.32 Å². The first-order valence-electron chi connectivity index (χ1n) is 5.69. The van der Waals surface area contributed by atoms with Crippen LogP contribution in [0.15, 0.2) is 29.2 Å². The molecule has 17 heavy (non-hydrogen) atoms. The highest BCUT2D eigenvalue weighted by Gasteiger charge is 2.30. The van der Waals surface area contributed by atoms with Gasteiger partial charge in [-0.25, -0.2) is 8.42 Å². The van der Waals surface area contributed by atoms with Gasteiger partial charge in [0.2, 0.25) is 6.41 Å². The third-order valence-corrected chi connectivity index (χ3v) is 5.39. The van der Waals surface area contributed by atoms with E-state index >= 15 is 0 Å². The predicted molar refractivity (Wildman–Crippen MR) is 65.6 cm³/mol. The van der Waals surface area contributed by atoms with Gasteiger partial charge in [-0.1, -0.05) is 18.9 Å². The highest BCUT2D eigenvalue weighted by molar-refractivity contribution is 7.92. The Balaban J connectivity index is 2.32. The maximum atomic E-state index is 12.3. The molecular formula is C12H15NO3S. The Morgan fingerprint density at radius 1 is 1.24 bits per heavy atom. The zero-order valence-electron chi connectivity index (χ0n) is 9.43. The van der Waals surface area contributed by atoms with E-state index in [9.17, 15) is 13.2 Å². The zero-order chi connectivity index (χ0) is 12.3. The van der Waals surface area contributed by atoms with Crippen LogP contribution in [0.25, 0.3) is 0 Å². The first kappa shape index (κ1) is 12.1. The van der Waals surface area contributed by atoms with Crippen LogP contribution >= 0.6 is 0 Å². The summed E-state index contributed by atoms with van der Waals surface area (Å²) < 4.78 is 24.5. The molecule has 0 aliphatic heterocycles. The summed E-state index contributed by atoms with van der Waals surface area (Å²) in [7, 11) is -3.24. The predicted octanol–water partition coefficient (Wildman–Crippen LogP) is 1.97. The first-order chi connectivity index (χ1) is 8.14. The van der Waals surface area contributed by atoms with Gasteiger partial charge < -0.3 is 5.32 Å². The molecular weight excluding hydrogens is 238 g/mol. The molecule has 1 amide bonds. The summed E-state index contributed by atoms with van der Waals surface area (Å²) in [6, 6.07) is 6.42. The molecule has 0 radical (unpaired) electrons. The standard InChI is InChI=1S/C12H15NO3S/c14-9-13-10-4-3-7-12(8-10)17(15,16)11-5-1-2-6-11/h3-4,7-9,11H,1-2,5-6H2,(H,13,14). The lowest BCUT2D eigenvalue weighted by Gasteiger charge is -2.11. The van der Waals surface area contributed by atoms with E-state index in [1.807, 2.05) is 0 Å². The second-order valence-corrected chi connectivity index (χ2v) is 6.47. The molecule has 0 heterocycles. The van der Waals surface area contributed by atoms with E-state index in [0.717, 1.165) is 25.7 Å². The molecule has 1 N–H and O–H groups in total. The summed E-state index contributed by atoms with van der Waals surface area (Å²) in [5.41, 5.74) is 0.513. The molecule has 92 valence electrons. The molecule has 1 aromatic carbocycles. The van der Waals surface area contributed by atoms with Crippen LogP contribution in [0.5, 0.6) is 0 Å². The Bertz CT molecular complexity index is 504. The Labute approximate surface area is 101 Å². The lowest BCUT2D eigenvalue weighted by atomic mass is 10.3. The third-order valence-electron chi connectivity index (χ3n) is 3.13. The normalized spacial score (nSPS) is 16.9. The van der Waals surface area contributed by atoms with Gasteiger partial charge in [0.05, 0.1) is 10.1 Å². The van der Waals surface area contributed by atoms with Gasteiger partial charge in [0.15, 0.2) is 9.84 Å². The molecule has 1 aliphatic rings. The summed E-state index contributed by atoms with van der Waals surface area (Å²) in [6.07, 6.45) is 4.00. The third kappa shape index (κ3) is 2.49. The van der Waals surface area contributed by atoms with E-state index in [1.54, 1.807) is 18.2 Å². The van der Waals surface area contributed by atoms with Gasteiger partial charge in [-0.2, -0.15) is 0 Å². The Morgan fingerprint density at radius 2 is 1.94 bits per heavy atom. The molecule has 0 unspecified atom stereocenters. The molecule has 2 rings (SSSR count). The van der Waals surface area contributed by atoms with Crippen molar-refractivity contribution in [1.82, 2.24) is 0 Å². The van der Waals surface area contributed by atoms with Crippen molar-refractivity contribution in [3.8, 4) is 0 Å². The molecule has 4 nitrogen and oxygen atoms in total. The minimum absolute atomic E-state index is 0.256.